The first-order chi connectivity index (χ1) is 25.5. The van der Waals surface area contributed by atoms with Gasteiger partial charge in [0, 0.05) is 52.2 Å². The summed E-state index contributed by atoms with van der Waals surface area (Å²) in [6, 6.07) is 0. The predicted octanol–water partition coefficient (Wildman–Crippen LogP) is -2.52. The summed E-state index contributed by atoms with van der Waals surface area (Å²) in [5.41, 5.74) is 5.31. The van der Waals surface area contributed by atoms with Gasteiger partial charge in [-0.25, -0.2) is 4.79 Å². The SMILES string of the molecule is C=O.CCN1CC(=O)NCCOC2O[C@H](CCC2O)O[C@@H]2C(O)CC(CO)OC2OCCNC(=O)C1.CN(OC(=O)CCCCCN)C(=O)CCC=O. The van der Waals surface area contributed by atoms with Gasteiger partial charge in [-0.1, -0.05) is 13.3 Å². The van der Waals surface area contributed by atoms with Crippen molar-refractivity contribution in [2.75, 3.05) is 66.1 Å². The molecule has 7 N–H and O–H groups in total. The maximum Gasteiger partial charge on any atom is 0.332 e. The molecule has 0 radical (unpaired) electrons. The lowest BCUT2D eigenvalue weighted by atomic mass is 10.0. The van der Waals surface area contributed by atoms with Crippen molar-refractivity contribution in [2.24, 2.45) is 5.73 Å². The lowest BCUT2D eigenvalue weighted by molar-refractivity contribution is -0.349. The van der Waals surface area contributed by atoms with E-state index in [-0.39, 0.29) is 89.4 Å². The third kappa shape index (κ3) is 19.6. The van der Waals surface area contributed by atoms with Crippen LogP contribution in [0, 0.1) is 0 Å². The van der Waals surface area contributed by atoms with E-state index in [2.05, 4.69) is 10.6 Å². The number of ether oxygens (including phenoxy) is 5. The molecule has 306 valence electrons. The number of rotatable bonds is 10. The highest BCUT2D eigenvalue weighted by Crippen LogP contribution is 2.29. The van der Waals surface area contributed by atoms with Gasteiger partial charge in [0.05, 0.1) is 45.1 Å². The number of aliphatic hydroxyl groups is 3. The minimum atomic E-state index is -0.997. The van der Waals surface area contributed by atoms with Crippen molar-refractivity contribution in [1.29, 1.82) is 0 Å². The number of likely N-dealkylation sites (N-methyl/N-ethyl adjacent to an activating group) is 1. The predicted molar refractivity (Wildman–Crippen MR) is 184 cm³/mol. The van der Waals surface area contributed by atoms with Crippen molar-refractivity contribution in [3.63, 3.8) is 0 Å². The van der Waals surface area contributed by atoms with Crippen molar-refractivity contribution in [2.45, 2.75) is 108 Å². The molecular formula is C33H59N5O15. The first kappa shape index (κ1) is 47.8. The summed E-state index contributed by atoms with van der Waals surface area (Å²) in [6.45, 7) is 5.33. The smallest absolute Gasteiger partial charge is 0.332 e. The summed E-state index contributed by atoms with van der Waals surface area (Å²) < 4.78 is 28.8. The van der Waals surface area contributed by atoms with Gasteiger partial charge in [-0.15, -0.1) is 0 Å². The molecular weight excluding hydrogens is 706 g/mol. The highest BCUT2D eigenvalue weighted by molar-refractivity contribution is 5.81. The summed E-state index contributed by atoms with van der Waals surface area (Å²) in [5, 5.41) is 36.7. The maximum absolute atomic E-state index is 12.3. The quantitative estimate of drug-likeness (QED) is 0.0761. The van der Waals surface area contributed by atoms with E-state index >= 15 is 0 Å². The van der Waals surface area contributed by atoms with Crippen LogP contribution in [0.3, 0.4) is 0 Å². The van der Waals surface area contributed by atoms with Crippen LogP contribution in [-0.4, -0.2) is 171 Å². The Morgan fingerprint density at radius 1 is 0.962 bits per heavy atom. The van der Waals surface area contributed by atoms with Crippen LogP contribution in [0.1, 0.15) is 64.7 Å². The second-order valence-corrected chi connectivity index (χ2v) is 12.2. The van der Waals surface area contributed by atoms with Crippen LogP contribution >= 0.6 is 0 Å². The fraction of sp³-hybridized carbons (Fsp3) is 0.818. The number of hydrogen-bond acceptors (Lipinski definition) is 17. The molecule has 2 bridgehead atoms. The summed E-state index contributed by atoms with van der Waals surface area (Å²) in [6.07, 6.45) is -1.69. The topological polar surface area (TPSA) is 275 Å². The molecule has 3 aliphatic rings. The van der Waals surface area contributed by atoms with E-state index in [4.69, 9.17) is 39.1 Å². The molecule has 0 spiro atoms. The summed E-state index contributed by atoms with van der Waals surface area (Å²) in [4.78, 5) is 71.6. The second-order valence-electron chi connectivity index (χ2n) is 12.2. The Morgan fingerprint density at radius 2 is 1.60 bits per heavy atom. The highest BCUT2D eigenvalue weighted by atomic mass is 16.8. The molecule has 5 unspecified atom stereocenters. The highest BCUT2D eigenvalue weighted by Gasteiger charge is 2.42. The van der Waals surface area contributed by atoms with Gasteiger partial charge in [-0.3, -0.25) is 19.3 Å². The van der Waals surface area contributed by atoms with Crippen molar-refractivity contribution in [3.8, 4) is 0 Å². The Labute approximate surface area is 309 Å². The standard InChI is InChI=1S/C21H37N3O10.C11H20N2O4.CH2O/c1-2-24-10-16(28)22-5-7-30-20-14(26)3-4-18(34-20)33-19-15(27)9-13(12-25)32-21(19)31-8-6-23-17(29)11-24;1-13(10(15)6-5-9-14)17-11(16)7-3-2-4-8-12;1-2/h13-15,18-21,25-27H,2-12H2,1H3,(H,22,28)(H,23,29);9H,2-8,12H2,1H3;1H2/t13?,14?,15?,18-,19-,20?,21?;;/m1../s1. The van der Waals surface area contributed by atoms with Crippen LogP contribution < -0.4 is 16.4 Å². The van der Waals surface area contributed by atoms with Gasteiger partial charge in [-0.2, -0.15) is 5.06 Å². The van der Waals surface area contributed by atoms with Crippen LogP contribution in [0.4, 0.5) is 0 Å². The molecule has 3 heterocycles. The number of amides is 3. The zero-order valence-electron chi connectivity index (χ0n) is 30.8. The molecule has 3 rings (SSSR count). The molecule has 20 nitrogen and oxygen atoms in total. The van der Waals surface area contributed by atoms with Gasteiger partial charge in [-0.05, 0) is 32.4 Å². The third-order valence-electron chi connectivity index (χ3n) is 8.03. The van der Waals surface area contributed by atoms with Gasteiger partial charge in [0.25, 0.3) is 5.91 Å². The molecule has 0 aromatic heterocycles. The number of aldehydes is 1. The second kappa shape index (κ2) is 28.3. The molecule has 0 aromatic rings. The van der Waals surface area contributed by atoms with Crippen LogP contribution in [0.25, 0.3) is 0 Å². The molecule has 53 heavy (non-hydrogen) atoms. The Kier molecular flexibility index (Phi) is 25.5. The first-order valence-electron chi connectivity index (χ1n) is 17.8. The minimum Gasteiger partial charge on any atom is -0.394 e. The number of nitrogens with one attached hydrogen (secondary N) is 2. The van der Waals surface area contributed by atoms with Crippen LogP contribution in [-0.2, 0) is 57.3 Å². The van der Waals surface area contributed by atoms with Crippen molar-refractivity contribution < 1.29 is 72.6 Å². The van der Waals surface area contributed by atoms with E-state index in [1.807, 2.05) is 13.7 Å². The van der Waals surface area contributed by atoms with E-state index < -0.39 is 49.3 Å². The molecule has 0 aliphatic carbocycles. The summed E-state index contributed by atoms with van der Waals surface area (Å²) in [7, 11) is 1.37. The van der Waals surface area contributed by atoms with Crippen LogP contribution in [0.2, 0.25) is 0 Å². The number of fused-ring (bicyclic) bond motifs is 3. The average Bonchev–Trinajstić information content (AvgIpc) is 3.15. The Balaban J connectivity index is 0.000000625. The zero-order chi connectivity index (χ0) is 39.6. The monoisotopic (exact) mass is 765 g/mol. The van der Waals surface area contributed by atoms with E-state index in [9.17, 15) is 39.3 Å². The maximum atomic E-state index is 12.3. The van der Waals surface area contributed by atoms with E-state index in [1.54, 1.807) is 4.90 Å². The normalized spacial score (nSPS) is 27.5. The number of carbonyl (C=O) groups is 6. The minimum absolute atomic E-state index is 0.0428. The van der Waals surface area contributed by atoms with Crippen molar-refractivity contribution in [1.82, 2.24) is 20.6 Å². The molecule has 3 aliphatic heterocycles. The number of nitrogens with zero attached hydrogens (tertiary/aromatic N) is 2. The van der Waals surface area contributed by atoms with Gasteiger partial charge >= 0.3 is 5.97 Å². The lowest BCUT2D eigenvalue weighted by Crippen LogP contribution is -2.54. The van der Waals surface area contributed by atoms with Gasteiger partial charge in [0.2, 0.25) is 11.8 Å². The first-order valence-corrected chi connectivity index (χ1v) is 17.8. The van der Waals surface area contributed by atoms with E-state index in [1.165, 1.54) is 7.05 Å². The Hall–Kier alpha value is -3.18. The fourth-order valence-corrected chi connectivity index (χ4v) is 5.20. The number of hydrogen-bond donors (Lipinski definition) is 6. The van der Waals surface area contributed by atoms with Crippen molar-refractivity contribution in [3.05, 3.63) is 0 Å². The van der Waals surface area contributed by atoms with Gasteiger partial charge in [0.1, 0.15) is 25.3 Å². The van der Waals surface area contributed by atoms with E-state index in [0.29, 0.717) is 38.6 Å². The Morgan fingerprint density at radius 3 is 2.19 bits per heavy atom. The molecule has 0 aromatic carbocycles. The Bertz CT molecular complexity index is 1080. The number of unbranched alkanes of at least 4 members (excludes halogenated alkanes) is 2. The molecule has 3 amide bonds. The summed E-state index contributed by atoms with van der Waals surface area (Å²) in [5.74, 6) is -1.34. The average molecular weight is 766 g/mol. The molecule has 3 saturated heterocycles. The molecule has 20 heteroatoms. The largest absolute Gasteiger partial charge is 0.394 e. The molecule has 3 fully saturated rings. The fourth-order valence-electron chi connectivity index (χ4n) is 5.20. The van der Waals surface area contributed by atoms with Gasteiger partial charge < -0.3 is 69.8 Å². The molecule has 7 atom stereocenters. The number of hydroxylamine groups is 2. The van der Waals surface area contributed by atoms with E-state index in [0.717, 1.165) is 17.9 Å². The number of aliphatic hydroxyl groups excluding tert-OH is 3. The van der Waals surface area contributed by atoms with Crippen molar-refractivity contribution >= 4 is 36.8 Å². The van der Waals surface area contributed by atoms with Crippen LogP contribution in [0.15, 0.2) is 0 Å². The summed E-state index contributed by atoms with van der Waals surface area (Å²) >= 11 is 0. The lowest BCUT2D eigenvalue weighted by Gasteiger charge is -2.42. The number of carbonyl (C=O) groups excluding carboxylic acids is 6. The third-order valence-corrected chi connectivity index (χ3v) is 8.03. The zero-order valence-corrected chi connectivity index (χ0v) is 30.8. The molecule has 0 saturated carbocycles. The van der Waals surface area contributed by atoms with Gasteiger partial charge in [0.15, 0.2) is 18.9 Å². The van der Waals surface area contributed by atoms with Crippen LogP contribution in [0.5, 0.6) is 0 Å². The number of nitrogens with two attached hydrogens (primary N) is 1.